The molecule has 0 aliphatic carbocycles. The lowest BCUT2D eigenvalue weighted by Crippen LogP contribution is -2.05. The van der Waals surface area contributed by atoms with Crippen LogP contribution in [0.4, 0.5) is 37.7 Å². The number of alkyl halides is 6. The van der Waals surface area contributed by atoms with E-state index in [1.165, 1.54) is 35.6 Å². The molecule has 0 aliphatic rings. The highest BCUT2D eigenvalue weighted by atomic mass is 32.1. The van der Waals surface area contributed by atoms with Gasteiger partial charge in [-0.15, -0.1) is 11.3 Å². The third-order valence-corrected chi connectivity index (χ3v) is 5.16. The molecule has 0 bridgehead atoms. The smallest absolute Gasteiger partial charge is 0.380 e. The van der Waals surface area contributed by atoms with Crippen molar-refractivity contribution < 1.29 is 26.3 Å². The lowest BCUT2D eigenvalue weighted by molar-refractivity contribution is -0.138. The van der Waals surface area contributed by atoms with Crippen LogP contribution in [-0.4, -0.2) is 0 Å². The number of anilines is 2. The Labute approximate surface area is 167 Å². The fourth-order valence-corrected chi connectivity index (χ4v) is 3.44. The van der Waals surface area contributed by atoms with Crippen molar-refractivity contribution in [3.63, 3.8) is 0 Å². The molecule has 154 valence electrons. The summed E-state index contributed by atoms with van der Waals surface area (Å²) in [5.74, 6) is 0. The Morgan fingerprint density at radius 1 is 0.552 bits per heavy atom. The zero-order valence-electron chi connectivity index (χ0n) is 14.9. The molecule has 0 atom stereocenters. The number of nitrogens with one attached hydrogen (secondary N) is 2. The fraction of sp³-hybridized carbons (Fsp3) is 0.200. The normalized spacial score (nSPS) is 12.1. The minimum Gasteiger partial charge on any atom is -0.380 e. The number of halogens is 6. The van der Waals surface area contributed by atoms with Crippen LogP contribution in [0.15, 0.2) is 60.7 Å². The average Bonchev–Trinajstić information content (AvgIpc) is 3.12. The van der Waals surface area contributed by atoms with E-state index in [2.05, 4.69) is 10.6 Å². The van der Waals surface area contributed by atoms with Gasteiger partial charge in [-0.1, -0.05) is 0 Å². The van der Waals surface area contributed by atoms with Gasteiger partial charge in [-0.2, -0.15) is 26.3 Å². The Morgan fingerprint density at radius 3 is 1.21 bits per heavy atom. The summed E-state index contributed by atoms with van der Waals surface area (Å²) < 4.78 is 75.4. The van der Waals surface area contributed by atoms with Crippen LogP contribution < -0.4 is 10.6 Å². The largest absolute Gasteiger partial charge is 0.416 e. The van der Waals surface area contributed by atoms with Gasteiger partial charge in [0.05, 0.1) is 11.1 Å². The van der Waals surface area contributed by atoms with Gasteiger partial charge >= 0.3 is 12.4 Å². The second-order valence-electron chi connectivity index (χ2n) is 6.23. The highest BCUT2D eigenvalue weighted by molar-refractivity contribution is 7.12. The topological polar surface area (TPSA) is 24.1 Å². The number of benzene rings is 2. The summed E-state index contributed by atoms with van der Waals surface area (Å²) in [5, 5.41) is 6.13. The van der Waals surface area contributed by atoms with Crippen LogP contribution in [0.25, 0.3) is 0 Å². The Morgan fingerprint density at radius 2 is 0.897 bits per heavy atom. The maximum absolute atomic E-state index is 12.6. The van der Waals surface area contributed by atoms with Crippen LogP contribution in [0, 0.1) is 0 Å². The Bertz CT molecular complexity index is 851. The second-order valence-corrected chi connectivity index (χ2v) is 7.48. The summed E-state index contributed by atoms with van der Waals surface area (Å²) in [6.45, 7) is 0.909. The molecule has 1 aromatic heterocycles. The molecule has 0 saturated heterocycles. The van der Waals surface area contributed by atoms with Gasteiger partial charge in [0, 0.05) is 34.2 Å². The molecular formula is C20H16F6N2S. The Hall–Kier alpha value is -2.68. The molecule has 2 N–H and O–H groups in total. The lowest BCUT2D eigenvalue weighted by Gasteiger charge is -2.09. The van der Waals surface area contributed by atoms with Crippen LogP contribution in [-0.2, 0) is 25.4 Å². The second kappa shape index (κ2) is 8.36. The van der Waals surface area contributed by atoms with Gasteiger partial charge in [-0.25, -0.2) is 0 Å². The van der Waals surface area contributed by atoms with E-state index in [-0.39, 0.29) is 0 Å². The molecule has 0 radical (unpaired) electrons. The fourth-order valence-electron chi connectivity index (χ4n) is 2.54. The standard InChI is InChI=1S/C20H16F6N2S/c21-19(22,23)13-1-5-15(6-2-13)27-11-17-9-10-18(29-17)12-28-16-7-3-14(4-8-16)20(24,25)26/h1-10,27-28H,11-12H2. The summed E-state index contributed by atoms with van der Waals surface area (Å²) in [7, 11) is 0. The van der Waals surface area contributed by atoms with E-state index in [1.54, 1.807) is 0 Å². The number of hydrogen-bond donors (Lipinski definition) is 2. The zero-order chi connectivity index (χ0) is 21.1. The van der Waals surface area contributed by atoms with E-state index in [9.17, 15) is 26.3 Å². The van der Waals surface area contributed by atoms with E-state index < -0.39 is 23.5 Å². The summed E-state index contributed by atoms with van der Waals surface area (Å²) in [4.78, 5) is 1.96. The van der Waals surface area contributed by atoms with Crippen molar-refractivity contribution in [1.29, 1.82) is 0 Å². The van der Waals surface area contributed by atoms with Crippen molar-refractivity contribution >= 4 is 22.7 Å². The van der Waals surface area contributed by atoms with Crippen molar-refractivity contribution in [2.45, 2.75) is 25.4 Å². The average molecular weight is 430 g/mol. The minimum absolute atomic E-state index is 0.455. The van der Waals surface area contributed by atoms with Crippen LogP contribution in [0.5, 0.6) is 0 Å². The number of rotatable bonds is 6. The van der Waals surface area contributed by atoms with Crippen LogP contribution >= 0.6 is 11.3 Å². The minimum atomic E-state index is -4.36. The quantitative estimate of drug-likeness (QED) is 0.411. The number of hydrogen-bond acceptors (Lipinski definition) is 3. The lowest BCUT2D eigenvalue weighted by atomic mass is 10.2. The van der Waals surface area contributed by atoms with E-state index in [4.69, 9.17) is 0 Å². The third kappa shape index (κ3) is 5.90. The first-order valence-electron chi connectivity index (χ1n) is 8.51. The SMILES string of the molecule is FC(F)(F)c1ccc(NCc2ccc(CNc3ccc(C(F)(F)F)cc3)s2)cc1. The van der Waals surface area contributed by atoms with Crippen LogP contribution in [0.3, 0.4) is 0 Å². The maximum Gasteiger partial charge on any atom is 0.416 e. The molecule has 0 aliphatic heterocycles. The number of thiophene rings is 1. The molecule has 0 amide bonds. The molecule has 1 heterocycles. The molecule has 2 nitrogen and oxygen atoms in total. The van der Waals surface area contributed by atoms with E-state index in [0.29, 0.717) is 24.5 Å². The summed E-state index contributed by atoms with van der Waals surface area (Å²) >= 11 is 1.50. The molecule has 3 rings (SSSR count). The van der Waals surface area contributed by atoms with Crippen molar-refractivity contribution in [3.8, 4) is 0 Å². The monoisotopic (exact) mass is 430 g/mol. The van der Waals surface area contributed by atoms with Gasteiger partial charge in [0.2, 0.25) is 0 Å². The molecular weight excluding hydrogens is 414 g/mol. The molecule has 0 unspecified atom stereocenters. The zero-order valence-corrected chi connectivity index (χ0v) is 15.7. The summed E-state index contributed by atoms with van der Waals surface area (Å²) in [6.07, 6.45) is -8.72. The Kier molecular flexibility index (Phi) is 6.07. The van der Waals surface area contributed by atoms with E-state index >= 15 is 0 Å². The summed E-state index contributed by atoms with van der Waals surface area (Å²) in [5.41, 5.74) is -0.238. The highest BCUT2D eigenvalue weighted by Gasteiger charge is 2.30. The first-order chi connectivity index (χ1) is 13.6. The van der Waals surface area contributed by atoms with Crippen molar-refractivity contribution in [2.24, 2.45) is 0 Å². The molecule has 0 fully saturated rings. The molecule has 2 aromatic carbocycles. The molecule has 0 saturated carbocycles. The van der Waals surface area contributed by atoms with Gasteiger partial charge in [0.25, 0.3) is 0 Å². The van der Waals surface area contributed by atoms with Gasteiger partial charge in [0.1, 0.15) is 0 Å². The maximum atomic E-state index is 12.6. The summed E-state index contributed by atoms with van der Waals surface area (Å²) in [6, 6.07) is 13.4. The first-order valence-corrected chi connectivity index (χ1v) is 9.33. The van der Waals surface area contributed by atoms with Gasteiger partial charge in [-0.05, 0) is 60.7 Å². The van der Waals surface area contributed by atoms with Crippen LogP contribution in [0.2, 0.25) is 0 Å². The van der Waals surface area contributed by atoms with Crippen molar-refractivity contribution in [3.05, 3.63) is 81.5 Å². The molecule has 29 heavy (non-hydrogen) atoms. The predicted octanol–water partition coefficient (Wildman–Crippen LogP) is 7.01. The van der Waals surface area contributed by atoms with Gasteiger partial charge in [0.15, 0.2) is 0 Å². The van der Waals surface area contributed by atoms with Crippen molar-refractivity contribution in [1.82, 2.24) is 0 Å². The highest BCUT2D eigenvalue weighted by Crippen LogP contribution is 2.31. The first kappa shape index (κ1) is 21.0. The van der Waals surface area contributed by atoms with E-state index in [0.717, 1.165) is 34.0 Å². The molecule has 3 aromatic rings. The van der Waals surface area contributed by atoms with Crippen LogP contribution in [0.1, 0.15) is 20.9 Å². The third-order valence-electron chi connectivity index (χ3n) is 4.08. The van der Waals surface area contributed by atoms with Gasteiger partial charge in [-0.3, -0.25) is 0 Å². The predicted molar refractivity (Wildman–Crippen MR) is 102 cm³/mol. The van der Waals surface area contributed by atoms with E-state index in [1.807, 2.05) is 12.1 Å². The van der Waals surface area contributed by atoms with Crippen molar-refractivity contribution in [2.75, 3.05) is 10.6 Å². The van der Waals surface area contributed by atoms with Gasteiger partial charge < -0.3 is 10.6 Å². The molecule has 0 spiro atoms. The molecule has 9 heteroatoms. The Balaban J connectivity index is 1.50.